The number of allylic oxidation sites excluding steroid dienone is 1. The lowest BCUT2D eigenvalue weighted by Crippen LogP contribution is -2.67. The summed E-state index contributed by atoms with van der Waals surface area (Å²) in [5.74, 6) is -31.8. The Balaban J connectivity index is 5.57. The third kappa shape index (κ3) is 4.59. The molecule has 0 atom stereocenters. The van der Waals surface area contributed by atoms with Crippen molar-refractivity contribution in [2.75, 3.05) is 6.61 Å². The Morgan fingerprint density at radius 2 is 1.04 bits per heavy atom. The van der Waals surface area contributed by atoms with E-state index in [1.807, 2.05) is 0 Å². The van der Waals surface area contributed by atoms with Crippen molar-refractivity contribution in [3.8, 4) is 0 Å². The summed E-state index contributed by atoms with van der Waals surface area (Å²) >= 11 is 0. The minimum atomic E-state index is -7.01. The molecule has 0 aromatic heterocycles. The fraction of sp³-hybridized carbons (Fsp3) is 0.857. The fourth-order valence-electron chi connectivity index (χ4n) is 1.91. The molecule has 0 bridgehead atoms. The maximum Gasteiger partial charge on any atom is 0.384 e. The van der Waals surface area contributed by atoms with E-state index in [0.717, 1.165) is 0 Å². The quantitative estimate of drug-likeness (QED) is 0.257. The average molecular weight is 392 g/mol. The van der Waals surface area contributed by atoms with Gasteiger partial charge in [-0.05, 0) is 25.7 Å². The Bertz CT molecular complexity index is 433. The first kappa shape index (κ1) is 24.0. The van der Waals surface area contributed by atoms with E-state index in [0.29, 0.717) is 0 Å². The van der Waals surface area contributed by atoms with E-state index in [4.69, 9.17) is 5.11 Å². The van der Waals surface area contributed by atoms with Crippen LogP contribution in [0.4, 0.5) is 43.9 Å². The maximum absolute atomic E-state index is 13.5. The summed E-state index contributed by atoms with van der Waals surface area (Å²) in [6.07, 6.45) is -4.62. The highest BCUT2D eigenvalue weighted by atomic mass is 19.4. The summed E-state index contributed by atoms with van der Waals surface area (Å²) in [7, 11) is 0. The van der Waals surface area contributed by atoms with Crippen LogP contribution in [0, 0.1) is 0 Å². The molecule has 0 spiro atoms. The molecule has 0 aromatic carbocycles. The van der Waals surface area contributed by atoms with Gasteiger partial charge in [0.05, 0.1) is 0 Å². The van der Waals surface area contributed by atoms with Gasteiger partial charge in [-0.3, -0.25) is 0 Å². The van der Waals surface area contributed by atoms with Gasteiger partial charge in [0.15, 0.2) is 0 Å². The smallest absolute Gasteiger partial charge is 0.384 e. The molecule has 0 radical (unpaired) electrons. The van der Waals surface area contributed by atoms with Crippen LogP contribution in [0.5, 0.6) is 0 Å². The molecule has 0 rings (SSSR count). The number of unbranched alkanes of at least 4 members (excludes halogenated alkanes) is 2. The summed E-state index contributed by atoms with van der Waals surface area (Å²) in [6, 6.07) is 0. The van der Waals surface area contributed by atoms with Gasteiger partial charge in [-0.25, -0.2) is 0 Å². The first-order chi connectivity index (χ1) is 11.1. The number of rotatable bonds is 12. The fourth-order valence-corrected chi connectivity index (χ4v) is 1.91. The average Bonchev–Trinajstić information content (AvgIpc) is 2.48. The number of aliphatic hydroxyl groups is 1. The molecule has 11 heteroatoms. The van der Waals surface area contributed by atoms with Crippen LogP contribution in [0.25, 0.3) is 0 Å². The maximum atomic E-state index is 13.5. The van der Waals surface area contributed by atoms with Crippen LogP contribution in [-0.4, -0.2) is 41.3 Å². The van der Waals surface area contributed by atoms with Gasteiger partial charge in [0.1, 0.15) is 0 Å². The Hall–Kier alpha value is -1.00. The number of hydrogen-bond acceptors (Lipinski definition) is 1. The molecule has 0 aliphatic heterocycles. The number of hydrogen-bond donors (Lipinski definition) is 1. The molecule has 0 aliphatic rings. The lowest BCUT2D eigenvalue weighted by atomic mass is 9.90. The van der Waals surface area contributed by atoms with Crippen LogP contribution in [0.3, 0.4) is 0 Å². The van der Waals surface area contributed by atoms with Crippen LogP contribution >= 0.6 is 0 Å². The highest BCUT2D eigenvalue weighted by Gasteiger charge is 2.85. The van der Waals surface area contributed by atoms with Crippen LogP contribution in [0.1, 0.15) is 38.5 Å². The van der Waals surface area contributed by atoms with Crippen molar-refractivity contribution in [1.29, 1.82) is 0 Å². The van der Waals surface area contributed by atoms with E-state index in [9.17, 15) is 43.9 Å². The first-order valence-electron chi connectivity index (χ1n) is 7.23. The molecule has 0 aliphatic carbocycles. The normalized spacial score (nSPS) is 14.7. The molecule has 0 heterocycles. The minimum Gasteiger partial charge on any atom is -0.396 e. The third-order valence-corrected chi connectivity index (χ3v) is 3.51. The summed E-state index contributed by atoms with van der Waals surface area (Å²) in [5, 5.41) is 8.29. The van der Waals surface area contributed by atoms with Crippen molar-refractivity contribution >= 4 is 0 Å². The second-order valence-corrected chi connectivity index (χ2v) is 5.49. The van der Waals surface area contributed by atoms with Gasteiger partial charge in [-0.15, -0.1) is 6.58 Å². The lowest BCUT2D eigenvalue weighted by molar-refractivity contribution is -0.402. The molecule has 1 N–H and O–H groups in total. The molecular formula is C14H18F10O. The Morgan fingerprint density at radius 3 is 1.40 bits per heavy atom. The Kier molecular flexibility index (Phi) is 7.81. The van der Waals surface area contributed by atoms with Gasteiger partial charge in [-0.2, -0.15) is 43.9 Å². The van der Waals surface area contributed by atoms with Crippen LogP contribution < -0.4 is 0 Å². The van der Waals surface area contributed by atoms with Gasteiger partial charge >= 0.3 is 29.6 Å². The first-order valence-corrected chi connectivity index (χ1v) is 7.23. The van der Waals surface area contributed by atoms with Crippen molar-refractivity contribution in [2.45, 2.75) is 68.1 Å². The second-order valence-electron chi connectivity index (χ2n) is 5.49. The summed E-state index contributed by atoms with van der Waals surface area (Å²) in [5.41, 5.74) is 0. The molecule has 0 saturated carbocycles. The standard InChI is InChI=1S/C14H18F10O/c1-2-3-4-5-7-10(15,16)12(19,20)14(23,24)13(21,22)11(17,18)8-6-9-25/h2,25H,1,3-9H2. The zero-order valence-electron chi connectivity index (χ0n) is 13.0. The zero-order valence-corrected chi connectivity index (χ0v) is 13.0. The molecular weight excluding hydrogens is 374 g/mol. The molecule has 0 aromatic rings. The summed E-state index contributed by atoms with van der Waals surface area (Å²) in [4.78, 5) is 0. The van der Waals surface area contributed by atoms with Gasteiger partial charge in [-0.1, -0.05) is 6.08 Å². The molecule has 0 amide bonds. The summed E-state index contributed by atoms with van der Waals surface area (Å²) < 4.78 is 134. The molecule has 25 heavy (non-hydrogen) atoms. The van der Waals surface area contributed by atoms with Crippen LogP contribution in [0.15, 0.2) is 12.7 Å². The molecule has 0 fully saturated rings. The van der Waals surface area contributed by atoms with E-state index in [1.165, 1.54) is 6.08 Å². The van der Waals surface area contributed by atoms with Gasteiger partial charge in [0.25, 0.3) is 0 Å². The van der Waals surface area contributed by atoms with E-state index >= 15 is 0 Å². The van der Waals surface area contributed by atoms with Crippen LogP contribution in [0.2, 0.25) is 0 Å². The van der Waals surface area contributed by atoms with E-state index in [-0.39, 0.29) is 12.8 Å². The van der Waals surface area contributed by atoms with Crippen molar-refractivity contribution in [3.63, 3.8) is 0 Å². The molecule has 0 saturated heterocycles. The number of halogens is 10. The van der Waals surface area contributed by atoms with E-state index in [2.05, 4.69) is 6.58 Å². The van der Waals surface area contributed by atoms with Crippen molar-refractivity contribution in [3.05, 3.63) is 12.7 Å². The zero-order chi connectivity index (χ0) is 20.2. The highest BCUT2D eigenvalue weighted by molar-refractivity contribution is 5.08. The van der Waals surface area contributed by atoms with E-state index < -0.39 is 61.9 Å². The van der Waals surface area contributed by atoms with Crippen molar-refractivity contribution < 1.29 is 49.0 Å². The molecule has 1 nitrogen and oxygen atoms in total. The molecule has 0 unspecified atom stereocenters. The van der Waals surface area contributed by atoms with Gasteiger partial charge < -0.3 is 5.11 Å². The number of alkyl halides is 10. The second kappa shape index (κ2) is 8.13. The lowest BCUT2D eigenvalue weighted by Gasteiger charge is -2.39. The SMILES string of the molecule is C=CCCCCC(F)(F)C(F)(F)C(F)(F)C(F)(F)C(F)(F)CCCO. The summed E-state index contributed by atoms with van der Waals surface area (Å²) in [6.45, 7) is 2.11. The predicted molar refractivity (Wildman–Crippen MR) is 69.7 cm³/mol. The monoisotopic (exact) mass is 392 g/mol. The van der Waals surface area contributed by atoms with Gasteiger partial charge in [0, 0.05) is 19.4 Å². The topological polar surface area (TPSA) is 20.2 Å². The predicted octanol–water partition coefficient (Wildman–Crippen LogP) is 5.68. The van der Waals surface area contributed by atoms with Gasteiger partial charge in [0.2, 0.25) is 0 Å². The highest BCUT2D eigenvalue weighted by Crippen LogP contribution is 2.58. The van der Waals surface area contributed by atoms with Crippen molar-refractivity contribution in [1.82, 2.24) is 0 Å². The minimum absolute atomic E-state index is 0.0907. The van der Waals surface area contributed by atoms with Crippen LogP contribution in [-0.2, 0) is 0 Å². The molecule has 150 valence electrons. The van der Waals surface area contributed by atoms with E-state index in [1.54, 1.807) is 0 Å². The number of aliphatic hydroxyl groups excluding tert-OH is 1. The Labute approximate surface area is 137 Å². The van der Waals surface area contributed by atoms with Crippen molar-refractivity contribution in [2.24, 2.45) is 0 Å². The third-order valence-electron chi connectivity index (χ3n) is 3.51. The largest absolute Gasteiger partial charge is 0.396 e. The Morgan fingerprint density at radius 1 is 0.640 bits per heavy atom.